The Kier molecular flexibility index (Phi) is 6.03. The summed E-state index contributed by atoms with van der Waals surface area (Å²) in [7, 11) is 2.13. The zero-order chi connectivity index (χ0) is 17.6. The van der Waals surface area contributed by atoms with Crippen LogP contribution in [0.15, 0.2) is 18.2 Å². The predicted molar refractivity (Wildman–Crippen MR) is 95.0 cm³/mol. The number of nitrogens with zero attached hydrogens (tertiary/aromatic N) is 2. The number of hydrogen-bond donors (Lipinski definition) is 2. The highest BCUT2D eigenvalue weighted by Gasteiger charge is 2.23. The Bertz CT molecular complexity index is 647. The molecule has 0 spiro atoms. The summed E-state index contributed by atoms with van der Waals surface area (Å²) in [5.74, 6) is -0.208. The minimum Gasteiger partial charge on any atom is -0.367 e. The van der Waals surface area contributed by atoms with Gasteiger partial charge in [0.05, 0.1) is 6.07 Å². The SMILES string of the molecule is CN1CCc2cc(CC(C#N)NC(=O)C3CNCCCO3)ccc2C1. The first kappa shape index (κ1) is 17.9. The van der Waals surface area contributed by atoms with E-state index in [1.165, 1.54) is 11.1 Å². The van der Waals surface area contributed by atoms with Crippen molar-refractivity contribution >= 4 is 5.91 Å². The second kappa shape index (κ2) is 8.43. The van der Waals surface area contributed by atoms with Crippen molar-refractivity contribution in [3.8, 4) is 6.07 Å². The number of likely N-dealkylation sites (N-methyl/N-ethyl adjacent to an activating group) is 1. The molecule has 0 aromatic heterocycles. The zero-order valence-electron chi connectivity index (χ0n) is 14.8. The van der Waals surface area contributed by atoms with Crippen molar-refractivity contribution in [2.45, 2.75) is 38.0 Å². The largest absolute Gasteiger partial charge is 0.367 e. The number of fused-ring (bicyclic) bond motifs is 1. The highest BCUT2D eigenvalue weighted by atomic mass is 16.5. The molecule has 0 aliphatic carbocycles. The van der Waals surface area contributed by atoms with E-state index in [0.29, 0.717) is 19.6 Å². The molecule has 2 aliphatic rings. The van der Waals surface area contributed by atoms with Gasteiger partial charge in [0, 0.05) is 32.7 Å². The molecule has 2 atom stereocenters. The van der Waals surface area contributed by atoms with Gasteiger partial charge in [-0.2, -0.15) is 5.26 Å². The summed E-state index contributed by atoms with van der Waals surface area (Å²) in [6.07, 6.45) is 1.93. The molecule has 1 saturated heterocycles. The van der Waals surface area contributed by atoms with Crippen LogP contribution in [0.2, 0.25) is 0 Å². The first-order valence-corrected chi connectivity index (χ1v) is 8.97. The lowest BCUT2D eigenvalue weighted by Crippen LogP contribution is -2.46. The number of ether oxygens (including phenoxy) is 1. The van der Waals surface area contributed by atoms with Crippen LogP contribution in [-0.2, 0) is 28.9 Å². The van der Waals surface area contributed by atoms with Gasteiger partial charge in [-0.3, -0.25) is 4.79 Å². The molecule has 2 aliphatic heterocycles. The second-order valence-electron chi connectivity index (χ2n) is 6.90. The molecular formula is C19H26N4O2. The van der Waals surface area contributed by atoms with Gasteiger partial charge >= 0.3 is 0 Å². The average Bonchev–Trinajstić information content (AvgIpc) is 2.90. The summed E-state index contributed by atoms with van der Waals surface area (Å²) < 4.78 is 5.56. The summed E-state index contributed by atoms with van der Waals surface area (Å²) in [5, 5.41) is 15.4. The lowest BCUT2D eigenvalue weighted by Gasteiger charge is -2.25. The van der Waals surface area contributed by atoms with Crippen molar-refractivity contribution < 1.29 is 9.53 Å². The number of carbonyl (C=O) groups excluding carboxylic acids is 1. The number of nitriles is 1. The van der Waals surface area contributed by atoms with Crippen molar-refractivity contribution in [3.05, 3.63) is 34.9 Å². The molecule has 25 heavy (non-hydrogen) atoms. The van der Waals surface area contributed by atoms with E-state index in [1.807, 2.05) is 0 Å². The Hall–Kier alpha value is -1.94. The Morgan fingerprint density at radius 1 is 1.52 bits per heavy atom. The lowest BCUT2D eigenvalue weighted by molar-refractivity contribution is -0.132. The van der Waals surface area contributed by atoms with Crippen LogP contribution >= 0.6 is 0 Å². The molecule has 1 aromatic rings. The molecule has 1 fully saturated rings. The summed E-state index contributed by atoms with van der Waals surface area (Å²) in [4.78, 5) is 14.7. The summed E-state index contributed by atoms with van der Waals surface area (Å²) in [5.41, 5.74) is 3.80. The summed E-state index contributed by atoms with van der Waals surface area (Å²) >= 11 is 0. The quantitative estimate of drug-likeness (QED) is 0.838. The monoisotopic (exact) mass is 342 g/mol. The maximum Gasteiger partial charge on any atom is 0.251 e. The van der Waals surface area contributed by atoms with Crippen LogP contribution in [0, 0.1) is 11.3 Å². The van der Waals surface area contributed by atoms with Crippen LogP contribution in [0.4, 0.5) is 0 Å². The third-order valence-corrected chi connectivity index (χ3v) is 4.83. The molecule has 2 unspecified atom stereocenters. The number of benzene rings is 1. The first-order valence-electron chi connectivity index (χ1n) is 8.97. The molecule has 0 bridgehead atoms. The normalized spacial score (nSPS) is 22.3. The predicted octanol–water partition coefficient (Wildman–Crippen LogP) is 0.604. The van der Waals surface area contributed by atoms with Crippen LogP contribution in [0.3, 0.4) is 0 Å². The fourth-order valence-electron chi connectivity index (χ4n) is 3.39. The van der Waals surface area contributed by atoms with Gasteiger partial charge in [0.15, 0.2) is 0 Å². The van der Waals surface area contributed by atoms with Crippen LogP contribution in [0.5, 0.6) is 0 Å². The van der Waals surface area contributed by atoms with Crippen molar-refractivity contribution in [2.24, 2.45) is 0 Å². The van der Waals surface area contributed by atoms with Crippen LogP contribution < -0.4 is 10.6 Å². The van der Waals surface area contributed by atoms with E-state index in [2.05, 4.69) is 46.8 Å². The van der Waals surface area contributed by atoms with E-state index in [-0.39, 0.29) is 5.91 Å². The van der Waals surface area contributed by atoms with Crippen LogP contribution in [0.25, 0.3) is 0 Å². The highest BCUT2D eigenvalue weighted by Crippen LogP contribution is 2.20. The molecule has 2 N–H and O–H groups in total. The lowest BCUT2D eigenvalue weighted by atomic mass is 9.95. The average molecular weight is 342 g/mol. The van der Waals surface area contributed by atoms with E-state index in [0.717, 1.165) is 38.0 Å². The molecule has 6 heteroatoms. The van der Waals surface area contributed by atoms with E-state index in [1.54, 1.807) is 0 Å². The number of nitrogens with one attached hydrogen (secondary N) is 2. The maximum absolute atomic E-state index is 12.3. The topological polar surface area (TPSA) is 77.4 Å². The first-order chi connectivity index (χ1) is 12.2. The number of rotatable bonds is 4. The minimum absolute atomic E-state index is 0.208. The Morgan fingerprint density at radius 2 is 2.40 bits per heavy atom. The molecule has 1 amide bonds. The van der Waals surface area contributed by atoms with Crippen molar-refractivity contribution in [1.82, 2.24) is 15.5 Å². The zero-order valence-corrected chi connectivity index (χ0v) is 14.8. The molecule has 2 heterocycles. The molecule has 1 aromatic carbocycles. The summed E-state index contributed by atoms with van der Waals surface area (Å²) in [6, 6.07) is 8.07. The second-order valence-corrected chi connectivity index (χ2v) is 6.90. The van der Waals surface area contributed by atoms with E-state index in [4.69, 9.17) is 4.74 Å². The van der Waals surface area contributed by atoms with E-state index >= 15 is 0 Å². The van der Waals surface area contributed by atoms with Gasteiger partial charge in [-0.25, -0.2) is 0 Å². The Morgan fingerprint density at radius 3 is 3.24 bits per heavy atom. The molecule has 6 nitrogen and oxygen atoms in total. The number of hydrogen-bond acceptors (Lipinski definition) is 5. The Labute approximate surface area is 149 Å². The summed E-state index contributed by atoms with van der Waals surface area (Å²) in [6.45, 7) is 3.95. The number of amides is 1. The van der Waals surface area contributed by atoms with Crippen LogP contribution in [0.1, 0.15) is 23.1 Å². The fourth-order valence-corrected chi connectivity index (χ4v) is 3.39. The van der Waals surface area contributed by atoms with E-state index < -0.39 is 12.1 Å². The van der Waals surface area contributed by atoms with Gasteiger partial charge < -0.3 is 20.3 Å². The van der Waals surface area contributed by atoms with Crippen LogP contribution in [-0.4, -0.2) is 56.2 Å². The molecule has 0 saturated carbocycles. The van der Waals surface area contributed by atoms with Gasteiger partial charge in [-0.15, -0.1) is 0 Å². The fraction of sp³-hybridized carbons (Fsp3) is 0.579. The van der Waals surface area contributed by atoms with Gasteiger partial charge in [0.1, 0.15) is 12.1 Å². The Balaban J connectivity index is 1.60. The molecule has 0 radical (unpaired) electrons. The van der Waals surface area contributed by atoms with Gasteiger partial charge in [0.2, 0.25) is 0 Å². The van der Waals surface area contributed by atoms with Crippen molar-refractivity contribution in [2.75, 3.05) is 33.3 Å². The maximum atomic E-state index is 12.3. The van der Waals surface area contributed by atoms with Crippen molar-refractivity contribution in [3.63, 3.8) is 0 Å². The third-order valence-electron chi connectivity index (χ3n) is 4.83. The third kappa shape index (κ3) is 4.79. The van der Waals surface area contributed by atoms with Crippen molar-refractivity contribution in [1.29, 1.82) is 5.26 Å². The van der Waals surface area contributed by atoms with Gasteiger partial charge in [0.25, 0.3) is 5.91 Å². The smallest absolute Gasteiger partial charge is 0.251 e. The standard InChI is InChI=1S/C19H26N4O2/c1-23-7-5-15-9-14(3-4-16(15)13-23)10-17(11-20)22-19(24)18-12-21-6-2-8-25-18/h3-4,9,17-18,21H,2,5-8,10,12-13H2,1H3,(H,22,24). The molecule has 3 rings (SSSR count). The van der Waals surface area contributed by atoms with Gasteiger partial charge in [-0.05, 0) is 43.1 Å². The number of carbonyl (C=O) groups is 1. The molecular weight excluding hydrogens is 316 g/mol. The van der Waals surface area contributed by atoms with Gasteiger partial charge in [-0.1, -0.05) is 18.2 Å². The van der Waals surface area contributed by atoms with E-state index in [9.17, 15) is 10.1 Å². The molecule has 134 valence electrons. The minimum atomic E-state index is -0.538. The highest BCUT2D eigenvalue weighted by molar-refractivity contribution is 5.81.